The van der Waals surface area contributed by atoms with E-state index >= 15 is 0 Å². The van der Waals surface area contributed by atoms with Crippen molar-refractivity contribution in [1.82, 2.24) is 10.6 Å². The van der Waals surface area contributed by atoms with Gasteiger partial charge in [-0.25, -0.2) is 4.79 Å². The van der Waals surface area contributed by atoms with Gasteiger partial charge in [-0.3, -0.25) is 0 Å². The molecule has 1 atom stereocenters. The number of ether oxygens (including phenoxy) is 3. The highest BCUT2D eigenvalue weighted by Gasteiger charge is 2.32. The van der Waals surface area contributed by atoms with Crippen LogP contribution in [0, 0.1) is 0 Å². The lowest BCUT2D eigenvalue weighted by atomic mass is 9.95. The molecule has 2 heterocycles. The lowest BCUT2D eigenvalue weighted by molar-refractivity contribution is -0.136. The van der Waals surface area contributed by atoms with Crippen molar-refractivity contribution in [3.05, 3.63) is 33.4 Å². The first-order valence-electron chi connectivity index (χ1n) is 6.47. The van der Waals surface area contributed by atoms with Gasteiger partial charge in [0.25, 0.3) is 0 Å². The lowest BCUT2D eigenvalue weighted by Crippen LogP contribution is -2.45. The maximum Gasteiger partial charge on any atom is 0.337 e. The van der Waals surface area contributed by atoms with Gasteiger partial charge in [0.1, 0.15) is 0 Å². The highest BCUT2D eigenvalue weighted by Crippen LogP contribution is 2.42. The molecule has 0 aromatic heterocycles. The Labute approximate surface area is 140 Å². The van der Waals surface area contributed by atoms with Gasteiger partial charge in [-0.15, -0.1) is 0 Å². The second-order valence-corrected chi connectivity index (χ2v) is 6.06. The Morgan fingerprint density at radius 3 is 2.95 bits per heavy atom. The number of carbonyl (C=O) groups excluding carboxylic acids is 1. The van der Waals surface area contributed by atoms with E-state index < -0.39 is 12.0 Å². The molecule has 0 unspecified atom stereocenters. The summed E-state index contributed by atoms with van der Waals surface area (Å²) < 4.78 is 16.4. The molecule has 0 amide bonds. The van der Waals surface area contributed by atoms with Gasteiger partial charge in [0.05, 0.1) is 23.2 Å². The second kappa shape index (κ2) is 5.77. The van der Waals surface area contributed by atoms with Crippen molar-refractivity contribution < 1.29 is 19.0 Å². The summed E-state index contributed by atoms with van der Waals surface area (Å²) in [4.78, 5) is 12.1. The molecule has 2 aliphatic heterocycles. The lowest BCUT2D eigenvalue weighted by Gasteiger charge is -2.29. The molecular formula is C14H13BrN2O4S. The van der Waals surface area contributed by atoms with Crippen molar-refractivity contribution in [3.63, 3.8) is 0 Å². The highest BCUT2D eigenvalue weighted by atomic mass is 79.9. The molecule has 0 radical (unpaired) electrons. The summed E-state index contributed by atoms with van der Waals surface area (Å²) in [5, 5.41) is 6.48. The Balaban J connectivity index is 2.09. The monoisotopic (exact) mass is 384 g/mol. The van der Waals surface area contributed by atoms with Crippen molar-refractivity contribution in [2.75, 3.05) is 13.9 Å². The van der Waals surface area contributed by atoms with Gasteiger partial charge in [-0.1, -0.05) is 0 Å². The highest BCUT2D eigenvalue weighted by molar-refractivity contribution is 9.10. The number of hydrogen-bond acceptors (Lipinski definition) is 5. The predicted octanol–water partition coefficient (Wildman–Crippen LogP) is 2.14. The molecule has 8 heteroatoms. The first kappa shape index (κ1) is 15.1. The van der Waals surface area contributed by atoms with E-state index in [4.69, 9.17) is 26.4 Å². The molecule has 2 aliphatic rings. The number of nitrogens with one attached hydrogen (secondary N) is 2. The van der Waals surface area contributed by atoms with Crippen LogP contribution >= 0.6 is 28.1 Å². The zero-order chi connectivity index (χ0) is 15.9. The molecular weight excluding hydrogens is 372 g/mol. The minimum absolute atomic E-state index is 0.175. The first-order valence-corrected chi connectivity index (χ1v) is 7.67. The molecule has 116 valence electrons. The third-order valence-electron chi connectivity index (χ3n) is 3.46. The third kappa shape index (κ3) is 2.52. The predicted molar refractivity (Wildman–Crippen MR) is 86.6 cm³/mol. The van der Waals surface area contributed by atoms with E-state index in [2.05, 4.69) is 26.6 Å². The van der Waals surface area contributed by atoms with Crippen LogP contribution in [0.15, 0.2) is 27.9 Å². The summed E-state index contributed by atoms with van der Waals surface area (Å²) in [7, 11) is 1.35. The van der Waals surface area contributed by atoms with Gasteiger partial charge >= 0.3 is 5.97 Å². The summed E-state index contributed by atoms with van der Waals surface area (Å²) >= 11 is 8.65. The summed E-state index contributed by atoms with van der Waals surface area (Å²) in [5.74, 6) is 0.858. The third-order valence-corrected chi connectivity index (χ3v) is 4.27. The molecule has 3 rings (SSSR count). The summed E-state index contributed by atoms with van der Waals surface area (Å²) in [6.45, 7) is 1.96. The van der Waals surface area contributed by atoms with Crippen molar-refractivity contribution >= 4 is 39.2 Å². The molecule has 0 aliphatic carbocycles. The molecule has 0 saturated carbocycles. The van der Waals surface area contributed by atoms with Crippen LogP contribution in [0.5, 0.6) is 11.5 Å². The number of allylic oxidation sites excluding steroid dienone is 1. The number of esters is 1. The Kier molecular flexibility index (Phi) is 3.96. The molecule has 1 aromatic rings. The van der Waals surface area contributed by atoms with Gasteiger partial charge in [-0.05, 0) is 52.8 Å². The topological polar surface area (TPSA) is 68.8 Å². The molecule has 0 bridgehead atoms. The Hall–Kier alpha value is -1.80. The van der Waals surface area contributed by atoms with Crippen molar-refractivity contribution in [2.24, 2.45) is 0 Å². The largest absolute Gasteiger partial charge is 0.466 e. The van der Waals surface area contributed by atoms with E-state index in [0.29, 0.717) is 27.9 Å². The second-order valence-electron chi connectivity index (χ2n) is 4.80. The van der Waals surface area contributed by atoms with Crippen molar-refractivity contribution in [3.8, 4) is 11.5 Å². The quantitative estimate of drug-likeness (QED) is 0.597. The van der Waals surface area contributed by atoms with Crippen LogP contribution in [-0.4, -0.2) is 25.0 Å². The molecule has 0 fully saturated rings. The number of carbonyl (C=O) groups is 1. The molecule has 0 saturated heterocycles. The Morgan fingerprint density at radius 1 is 1.45 bits per heavy atom. The summed E-state index contributed by atoms with van der Waals surface area (Å²) in [6, 6.07) is 3.27. The van der Waals surface area contributed by atoms with Crippen molar-refractivity contribution in [2.45, 2.75) is 13.0 Å². The number of hydrogen-bond donors (Lipinski definition) is 2. The van der Waals surface area contributed by atoms with E-state index in [1.807, 2.05) is 12.1 Å². The average Bonchev–Trinajstić information content (AvgIpc) is 2.94. The van der Waals surface area contributed by atoms with Crippen LogP contribution in [0.2, 0.25) is 0 Å². The van der Waals surface area contributed by atoms with E-state index in [0.717, 1.165) is 10.0 Å². The maximum atomic E-state index is 12.1. The molecule has 6 nitrogen and oxygen atoms in total. The number of methoxy groups -OCH3 is 1. The Morgan fingerprint density at radius 2 is 2.23 bits per heavy atom. The fraction of sp³-hybridized carbons (Fsp3) is 0.286. The molecule has 22 heavy (non-hydrogen) atoms. The van der Waals surface area contributed by atoms with E-state index in [9.17, 15) is 4.79 Å². The van der Waals surface area contributed by atoms with Gasteiger partial charge in [0, 0.05) is 5.70 Å². The molecule has 1 aromatic carbocycles. The van der Waals surface area contributed by atoms with Gasteiger partial charge in [0.2, 0.25) is 6.79 Å². The number of thiocarbonyl (C=S) groups is 1. The Bertz CT molecular complexity index is 704. The molecule has 2 N–H and O–H groups in total. The minimum Gasteiger partial charge on any atom is -0.466 e. The number of halogens is 1. The first-order chi connectivity index (χ1) is 10.5. The van der Waals surface area contributed by atoms with Crippen LogP contribution in [0.4, 0.5) is 0 Å². The number of benzene rings is 1. The van der Waals surface area contributed by atoms with E-state index in [1.54, 1.807) is 6.92 Å². The van der Waals surface area contributed by atoms with Gasteiger partial charge < -0.3 is 24.8 Å². The number of rotatable bonds is 2. The van der Waals surface area contributed by atoms with Crippen LogP contribution < -0.4 is 20.1 Å². The van der Waals surface area contributed by atoms with Crippen LogP contribution in [0.25, 0.3) is 0 Å². The van der Waals surface area contributed by atoms with E-state index in [-0.39, 0.29) is 6.79 Å². The fourth-order valence-corrected chi connectivity index (χ4v) is 3.32. The average molecular weight is 385 g/mol. The van der Waals surface area contributed by atoms with E-state index in [1.165, 1.54) is 7.11 Å². The molecule has 0 spiro atoms. The van der Waals surface area contributed by atoms with Crippen LogP contribution in [-0.2, 0) is 9.53 Å². The smallest absolute Gasteiger partial charge is 0.337 e. The van der Waals surface area contributed by atoms with Gasteiger partial charge in [-0.2, -0.15) is 0 Å². The summed E-state index contributed by atoms with van der Waals surface area (Å²) in [6.07, 6.45) is 0. The van der Waals surface area contributed by atoms with Crippen LogP contribution in [0.1, 0.15) is 18.5 Å². The standard InChI is InChI=1S/C14H13BrN2O4S/c1-6-10(13(18)19-2)11(17-14(22)16-6)7-3-8(15)12-9(4-7)20-5-21-12/h3-4,11H,5H2,1-2H3,(H2,16,17,22)/t11-/m0/s1. The zero-order valence-electron chi connectivity index (χ0n) is 11.9. The SMILES string of the molecule is COC(=O)C1=C(C)NC(=S)N[C@H]1c1cc(Br)c2c(c1)OCO2. The summed E-state index contributed by atoms with van der Waals surface area (Å²) in [5.41, 5.74) is 1.95. The minimum atomic E-state index is -0.424. The normalized spacial score (nSPS) is 19.6. The number of fused-ring (bicyclic) bond motifs is 1. The maximum absolute atomic E-state index is 12.1. The van der Waals surface area contributed by atoms with Gasteiger partial charge in [0.15, 0.2) is 16.6 Å². The zero-order valence-corrected chi connectivity index (χ0v) is 14.3. The van der Waals surface area contributed by atoms with Crippen LogP contribution in [0.3, 0.4) is 0 Å². The van der Waals surface area contributed by atoms with Crippen molar-refractivity contribution in [1.29, 1.82) is 0 Å². The fourth-order valence-electron chi connectivity index (χ4n) is 2.48.